The monoisotopic (exact) mass is 222 g/mol. The van der Waals surface area contributed by atoms with Crippen molar-refractivity contribution in [2.45, 2.75) is 63.5 Å². The Kier molecular flexibility index (Phi) is 3.49. The summed E-state index contributed by atoms with van der Waals surface area (Å²) in [4.78, 5) is 2.89. The number of likely N-dealkylation sites (tertiary alicyclic amines) is 1. The molecule has 1 saturated carbocycles. The van der Waals surface area contributed by atoms with Crippen LogP contribution in [-0.4, -0.2) is 36.6 Å². The molecule has 0 aromatic carbocycles. The average molecular weight is 222 g/mol. The standard InChI is InChI=1S/C14H26N2/c1-2-7-13(6-1)16-10-4-8-14(16)12-5-3-9-15-11-12/h12-15H,1-11H2. The van der Waals surface area contributed by atoms with Gasteiger partial charge in [0.15, 0.2) is 0 Å². The van der Waals surface area contributed by atoms with E-state index in [0.29, 0.717) is 0 Å². The van der Waals surface area contributed by atoms with Crippen LogP contribution >= 0.6 is 0 Å². The van der Waals surface area contributed by atoms with E-state index in [1.807, 2.05) is 0 Å². The highest BCUT2D eigenvalue weighted by Gasteiger charge is 2.36. The van der Waals surface area contributed by atoms with E-state index in [0.717, 1.165) is 18.0 Å². The minimum absolute atomic E-state index is 0.927. The van der Waals surface area contributed by atoms with Crippen molar-refractivity contribution in [3.05, 3.63) is 0 Å². The fraction of sp³-hybridized carbons (Fsp3) is 1.00. The summed E-state index contributed by atoms with van der Waals surface area (Å²) in [7, 11) is 0. The summed E-state index contributed by atoms with van der Waals surface area (Å²) in [6, 6.07) is 1.88. The van der Waals surface area contributed by atoms with Gasteiger partial charge in [0, 0.05) is 12.1 Å². The average Bonchev–Trinajstić information content (AvgIpc) is 3.01. The molecule has 3 fully saturated rings. The first-order valence-electron chi connectivity index (χ1n) is 7.41. The van der Waals surface area contributed by atoms with E-state index in [1.54, 1.807) is 0 Å². The fourth-order valence-corrected chi connectivity index (χ4v) is 4.22. The number of hydrogen-bond donors (Lipinski definition) is 1. The molecule has 1 N–H and O–H groups in total. The summed E-state index contributed by atoms with van der Waals surface area (Å²) in [6.45, 7) is 3.94. The zero-order valence-corrected chi connectivity index (χ0v) is 10.5. The van der Waals surface area contributed by atoms with Gasteiger partial charge in [0.2, 0.25) is 0 Å². The maximum Gasteiger partial charge on any atom is 0.0139 e. The Hall–Kier alpha value is -0.0800. The molecule has 0 bridgehead atoms. The molecule has 3 rings (SSSR count). The van der Waals surface area contributed by atoms with Crippen molar-refractivity contribution in [1.82, 2.24) is 10.2 Å². The molecule has 92 valence electrons. The van der Waals surface area contributed by atoms with Gasteiger partial charge in [0.1, 0.15) is 0 Å². The Labute approximate surface area is 99.8 Å². The van der Waals surface area contributed by atoms with E-state index in [9.17, 15) is 0 Å². The predicted octanol–water partition coefficient (Wildman–Crippen LogP) is 2.39. The lowest BCUT2D eigenvalue weighted by Gasteiger charge is -2.37. The lowest BCUT2D eigenvalue weighted by Crippen LogP contribution is -2.46. The first-order chi connectivity index (χ1) is 7.95. The van der Waals surface area contributed by atoms with E-state index in [1.165, 1.54) is 71.0 Å². The van der Waals surface area contributed by atoms with E-state index in [2.05, 4.69) is 10.2 Å². The van der Waals surface area contributed by atoms with Crippen molar-refractivity contribution in [3.8, 4) is 0 Å². The summed E-state index contributed by atoms with van der Waals surface area (Å²) >= 11 is 0. The van der Waals surface area contributed by atoms with E-state index in [4.69, 9.17) is 0 Å². The zero-order chi connectivity index (χ0) is 10.8. The highest BCUT2D eigenvalue weighted by atomic mass is 15.2. The summed E-state index contributed by atoms with van der Waals surface area (Å²) in [5.41, 5.74) is 0. The summed E-state index contributed by atoms with van der Waals surface area (Å²) in [6.07, 6.45) is 11.7. The summed E-state index contributed by atoms with van der Waals surface area (Å²) in [5.74, 6) is 0.955. The van der Waals surface area contributed by atoms with Crippen molar-refractivity contribution < 1.29 is 0 Å². The van der Waals surface area contributed by atoms with Crippen LogP contribution in [0.3, 0.4) is 0 Å². The van der Waals surface area contributed by atoms with Gasteiger partial charge in [0.05, 0.1) is 0 Å². The number of hydrogen-bond acceptors (Lipinski definition) is 2. The maximum atomic E-state index is 3.60. The first-order valence-corrected chi connectivity index (χ1v) is 7.41. The van der Waals surface area contributed by atoms with Crippen molar-refractivity contribution >= 4 is 0 Å². The molecular formula is C14H26N2. The van der Waals surface area contributed by atoms with Crippen LogP contribution in [0.15, 0.2) is 0 Å². The van der Waals surface area contributed by atoms with Crippen LogP contribution in [0.5, 0.6) is 0 Å². The predicted molar refractivity (Wildman–Crippen MR) is 67.6 cm³/mol. The van der Waals surface area contributed by atoms with Gasteiger partial charge in [-0.25, -0.2) is 0 Å². The smallest absolute Gasteiger partial charge is 0.0139 e. The minimum atomic E-state index is 0.927. The third-order valence-electron chi connectivity index (χ3n) is 5.02. The molecule has 2 saturated heterocycles. The van der Waals surface area contributed by atoms with E-state index < -0.39 is 0 Å². The molecule has 0 aromatic heterocycles. The molecule has 2 heteroatoms. The van der Waals surface area contributed by atoms with Gasteiger partial charge in [-0.3, -0.25) is 4.90 Å². The summed E-state index contributed by atoms with van der Waals surface area (Å²) in [5, 5.41) is 3.60. The van der Waals surface area contributed by atoms with Gasteiger partial charge in [-0.2, -0.15) is 0 Å². The van der Waals surface area contributed by atoms with Gasteiger partial charge < -0.3 is 5.32 Å². The number of piperidine rings is 1. The van der Waals surface area contributed by atoms with Gasteiger partial charge in [-0.1, -0.05) is 12.8 Å². The minimum Gasteiger partial charge on any atom is -0.316 e. The number of rotatable bonds is 2. The molecule has 2 nitrogen and oxygen atoms in total. The van der Waals surface area contributed by atoms with E-state index >= 15 is 0 Å². The molecule has 2 heterocycles. The molecule has 1 aliphatic carbocycles. The second kappa shape index (κ2) is 5.05. The van der Waals surface area contributed by atoms with Crippen LogP contribution in [0.2, 0.25) is 0 Å². The molecule has 0 aromatic rings. The topological polar surface area (TPSA) is 15.3 Å². The molecule has 0 amide bonds. The third-order valence-corrected chi connectivity index (χ3v) is 5.02. The molecule has 2 unspecified atom stereocenters. The highest BCUT2D eigenvalue weighted by molar-refractivity contribution is 4.92. The molecule has 0 radical (unpaired) electrons. The largest absolute Gasteiger partial charge is 0.316 e. The van der Waals surface area contributed by atoms with Crippen molar-refractivity contribution in [2.24, 2.45) is 5.92 Å². The quantitative estimate of drug-likeness (QED) is 0.772. The maximum absolute atomic E-state index is 3.60. The van der Waals surface area contributed by atoms with Crippen molar-refractivity contribution in [1.29, 1.82) is 0 Å². The van der Waals surface area contributed by atoms with E-state index in [-0.39, 0.29) is 0 Å². The Morgan fingerprint density at radius 1 is 0.875 bits per heavy atom. The van der Waals surface area contributed by atoms with Crippen LogP contribution < -0.4 is 5.32 Å². The fourth-order valence-electron chi connectivity index (χ4n) is 4.22. The second-order valence-electron chi connectivity index (χ2n) is 5.99. The Morgan fingerprint density at radius 2 is 1.75 bits per heavy atom. The highest BCUT2D eigenvalue weighted by Crippen LogP contribution is 2.34. The van der Waals surface area contributed by atoms with Gasteiger partial charge >= 0.3 is 0 Å². The third kappa shape index (κ3) is 2.14. The molecule has 16 heavy (non-hydrogen) atoms. The SMILES string of the molecule is C1CNCC(C2CCCN2C2CCCC2)C1. The molecule has 2 aliphatic heterocycles. The van der Waals surface area contributed by atoms with Crippen LogP contribution in [0.4, 0.5) is 0 Å². The first kappa shape index (κ1) is 11.0. The van der Waals surface area contributed by atoms with Crippen molar-refractivity contribution in [2.75, 3.05) is 19.6 Å². The Morgan fingerprint density at radius 3 is 2.50 bits per heavy atom. The molecule has 0 spiro atoms. The normalized spacial score (nSPS) is 38.2. The molecule has 3 aliphatic rings. The van der Waals surface area contributed by atoms with Crippen LogP contribution in [-0.2, 0) is 0 Å². The second-order valence-corrected chi connectivity index (χ2v) is 5.99. The molecule has 2 atom stereocenters. The van der Waals surface area contributed by atoms with Crippen LogP contribution in [0, 0.1) is 5.92 Å². The molecular weight excluding hydrogens is 196 g/mol. The zero-order valence-electron chi connectivity index (χ0n) is 10.5. The number of nitrogens with one attached hydrogen (secondary N) is 1. The van der Waals surface area contributed by atoms with Crippen molar-refractivity contribution in [3.63, 3.8) is 0 Å². The van der Waals surface area contributed by atoms with Gasteiger partial charge in [0.25, 0.3) is 0 Å². The van der Waals surface area contributed by atoms with Gasteiger partial charge in [-0.15, -0.1) is 0 Å². The summed E-state index contributed by atoms with van der Waals surface area (Å²) < 4.78 is 0. The van der Waals surface area contributed by atoms with Crippen LogP contribution in [0.25, 0.3) is 0 Å². The van der Waals surface area contributed by atoms with Gasteiger partial charge in [-0.05, 0) is 64.1 Å². The lowest BCUT2D eigenvalue weighted by atomic mass is 9.89. The van der Waals surface area contributed by atoms with Crippen LogP contribution in [0.1, 0.15) is 51.4 Å². The lowest BCUT2D eigenvalue weighted by molar-refractivity contribution is 0.121. The number of nitrogens with zero attached hydrogens (tertiary/aromatic N) is 1. The Balaban J connectivity index is 1.63. The Bertz CT molecular complexity index is 217.